The molecule has 0 aromatic carbocycles. The number of rotatable bonds is 9. The molecule has 0 aliphatic carbocycles. The molecule has 0 spiro atoms. The fraction of sp³-hybridized carbons (Fsp3) is 0.778. The largest absolute Gasteiger partial charge is 0.104 e. The molecule has 0 bridgehead atoms. The average Bonchev–Trinajstić information content (AvgIpc) is 2.39. The van der Waals surface area contributed by atoms with E-state index < -0.39 is 0 Å². The van der Waals surface area contributed by atoms with Crippen LogP contribution in [0.1, 0.15) is 90.9 Å². The van der Waals surface area contributed by atoms with Gasteiger partial charge in [0, 0.05) is 25.7 Å². The maximum Gasteiger partial charge on any atom is 0.00886 e. The Morgan fingerprint density at radius 2 is 0.778 bits per heavy atom. The fourth-order valence-corrected chi connectivity index (χ4v) is 1.91. The predicted octanol–water partition coefficient (Wildman–Crippen LogP) is 5.71. The van der Waals surface area contributed by atoms with E-state index in [1.165, 1.54) is 51.4 Å². The van der Waals surface area contributed by atoms with Gasteiger partial charge < -0.3 is 0 Å². The third-order valence-corrected chi connectivity index (χ3v) is 2.96. The van der Waals surface area contributed by atoms with Gasteiger partial charge in [-0.2, -0.15) is 0 Å². The zero-order valence-electron chi connectivity index (χ0n) is 12.5. The standard InChI is InChI=1S/C18H30/c1-3-5-7-9-11-13-15-17-18-16-14-12-10-8-6-4-2/h3-4,9-18H2,1-2H3. The van der Waals surface area contributed by atoms with Crippen LogP contribution in [0, 0.1) is 23.7 Å². The molecule has 0 unspecified atom stereocenters. The summed E-state index contributed by atoms with van der Waals surface area (Å²) in [5, 5.41) is 0. The summed E-state index contributed by atoms with van der Waals surface area (Å²) in [5.74, 6) is 12.7. The normalized spacial score (nSPS) is 9.22. The van der Waals surface area contributed by atoms with E-state index >= 15 is 0 Å². The highest BCUT2D eigenvalue weighted by molar-refractivity contribution is 4.97. The maximum absolute atomic E-state index is 3.21. The van der Waals surface area contributed by atoms with Crippen molar-refractivity contribution in [2.24, 2.45) is 0 Å². The Morgan fingerprint density at radius 3 is 1.11 bits per heavy atom. The lowest BCUT2D eigenvalue weighted by Crippen LogP contribution is -1.81. The first-order valence-electron chi connectivity index (χ1n) is 7.83. The van der Waals surface area contributed by atoms with Crippen LogP contribution in [0.25, 0.3) is 0 Å². The first-order chi connectivity index (χ1) is 8.91. The van der Waals surface area contributed by atoms with Gasteiger partial charge in [0.2, 0.25) is 0 Å². The maximum atomic E-state index is 3.21. The van der Waals surface area contributed by atoms with Crippen LogP contribution < -0.4 is 0 Å². The Hall–Kier alpha value is -0.880. The van der Waals surface area contributed by atoms with Crippen molar-refractivity contribution in [3.05, 3.63) is 0 Å². The monoisotopic (exact) mass is 246 g/mol. The SMILES string of the molecule is CCC#CCCCCCCCCCCC#CCC. The van der Waals surface area contributed by atoms with Gasteiger partial charge in [-0.3, -0.25) is 0 Å². The lowest BCUT2D eigenvalue weighted by molar-refractivity contribution is 0.573. The molecule has 0 amide bonds. The smallest absolute Gasteiger partial charge is 0.00886 e. The molecule has 0 fully saturated rings. The van der Waals surface area contributed by atoms with E-state index in [1.54, 1.807) is 0 Å². The summed E-state index contributed by atoms with van der Waals surface area (Å²) in [4.78, 5) is 0. The highest BCUT2D eigenvalue weighted by atomic mass is 14.0. The van der Waals surface area contributed by atoms with Crippen molar-refractivity contribution < 1.29 is 0 Å². The Kier molecular flexibility index (Phi) is 15.3. The van der Waals surface area contributed by atoms with Crippen molar-refractivity contribution in [1.29, 1.82) is 0 Å². The lowest BCUT2D eigenvalue weighted by Gasteiger charge is -2.00. The van der Waals surface area contributed by atoms with Crippen molar-refractivity contribution >= 4 is 0 Å². The molecule has 0 aromatic rings. The predicted molar refractivity (Wildman–Crippen MR) is 82.3 cm³/mol. The Morgan fingerprint density at radius 1 is 0.444 bits per heavy atom. The van der Waals surface area contributed by atoms with Crippen LogP contribution in [0.5, 0.6) is 0 Å². The minimum Gasteiger partial charge on any atom is -0.104 e. The highest BCUT2D eigenvalue weighted by Gasteiger charge is 1.91. The van der Waals surface area contributed by atoms with Gasteiger partial charge in [-0.1, -0.05) is 52.4 Å². The summed E-state index contributed by atoms with van der Waals surface area (Å²) in [7, 11) is 0. The molecule has 0 aliphatic rings. The van der Waals surface area contributed by atoms with E-state index in [4.69, 9.17) is 0 Å². The molecule has 0 atom stereocenters. The minimum atomic E-state index is 1.00. The van der Waals surface area contributed by atoms with Crippen LogP contribution in [0.15, 0.2) is 0 Å². The van der Waals surface area contributed by atoms with Gasteiger partial charge in [0.15, 0.2) is 0 Å². The molecule has 0 heterocycles. The summed E-state index contributed by atoms with van der Waals surface area (Å²) >= 11 is 0. The summed E-state index contributed by atoms with van der Waals surface area (Å²) in [5.41, 5.74) is 0. The number of hydrogen-bond acceptors (Lipinski definition) is 0. The van der Waals surface area contributed by atoms with E-state index in [0.29, 0.717) is 0 Å². The van der Waals surface area contributed by atoms with E-state index in [-0.39, 0.29) is 0 Å². The molecule has 0 rings (SSSR count). The first-order valence-corrected chi connectivity index (χ1v) is 7.83. The van der Waals surface area contributed by atoms with Gasteiger partial charge in [-0.05, 0) is 12.8 Å². The van der Waals surface area contributed by atoms with E-state index in [0.717, 1.165) is 25.7 Å². The quantitative estimate of drug-likeness (QED) is 0.361. The molecule has 0 heteroatoms. The summed E-state index contributed by atoms with van der Waals surface area (Å²) < 4.78 is 0. The van der Waals surface area contributed by atoms with Gasteiger partial charge in [0.25, 0.3) is 0 Å². The first kappa shape index (κ1) is 17.1. The second-order valence-electron chi connectivity index (χ2n) is 4.74. The molecule has 0 N–H and O–H groups in total. The molecule has 18 heavy (non-hydrogen) atoms. The van der Waals surface area contributed by atoms with E-state index in [9.17, 15) is 0 Å². The highest BCUT2D eigenvalue weighted by Crippen LogP contribution is 2.10. The van der Waals surface area contributed by atoms with Gasteiger partial charge in [0.05, 0.1) is 0 Å². The van der Waals surface area contributed by atoms with E-state index in [2.05, 4.69) is 37.5 Å². The number of unbranched alkanes of at least 4 members (excludes halogenated alkanes) is 9. The second kappa shape index (κ2) is 16.1. The summed E-state index contributed by atoms with van der Waals surface area (Å²) in [6.07, 6.45) is 15.1. The van der Waals surface area contributed by atoms with Gasteiger partial charge in [-0.25, -0.2) is 0 Å². The molecule has 0 radical (unpaired) electrons. The van der Waals surface area contributed by atoms with Crippen molar-refractivity contribution in [3.8, 4) is 23.7 Å². The van der Waals surface area contributed by atoms with E-state index in [1.807, 2.05) is 0 Å². The van der Waals surface area contributed by atoms with Crippen LogP contribution in [-0.2, 0) is 0 Å². The zero-order chi connectivity index (χ0) is 13.3. The van der Waals surface area contributed by atoms with Crippen molar-refractivity contribution in [1.82, 2.24) is 0 Å². The Balaban J connectivity index is 3.03. The van der Waals surface area contributed by atoms with Crippen LogP contribution in [0.2, 0.25) is 0 Å². The molecular weight excluding hydrogens is 216 g/mol. The van der Waals surface area contributed by atoms with Crippen LogP contribution in [-0.4, -0.2) is 0 Å². The minimum absolute atomic E-state index is 1.00. The van der Waals surface area contributed by atoms with Crippen LogP contribution >= 0.6 is 0 Å². The molecule has 0 nitrogen and oxygen atoms in total. The molecule has 102 valence electrons. The summed E-state index contributed by atoms with van der Waals surface area (Å²) in [6.45, 7) is 4.22. The van der Waals surface area contributed by atoms with Gasteiger partial charge in [0.1, 0.15) is 0 Å². The van der Waals surface area contributed by atoms with Crippen LogP contribution in [0.3, 0.4) is 0 Å². The zero-order valence-corrected chi connectivity index (χ0v) is 12.5. The van der Waals surface area contributed by atoms with Crippen molar-refractivity contribution in [2.45, 2.75) is 90.9 Å². The second-order valence-corrected chi connectivity index (χ2v) is 4.74. The molecular formula is C18H30. The van der Waals surface area contributed by atoms with Gasteiger partial charge in [-0.15, -0.1) is 23.7 Å². The number of hydrogen-bond donors (Lipinski definition) is 0. The Labute approximate surface area is 115 Å². The molecule has 0 saturated heterocycles. The van der Waals surface area contributed by atoms with Crippen molar-refractivity contribution in [2.75, 3.05) is 0 Å². The van der Waals surface area contributed by atoms with Gasteiger partial charge >= 0.3 is 0 Å². The Bertz CT molecular complexity index is 236. The summed E-state index contributed by atoms with van der Waals surface area (Å²) in [6, 6.07) is 0. The molecule has 0 saturated carbocycles. The van der Waals surface area contributed by atoms with Crippen molar-refractivity contribution in [3.63, 3.8) is 0 Å². The molecule has 0 aromatic heterocycles. The third kappa shape index (κ3) is 15.1. The topological polar surface area (TPSA) is 0 Å². The fourth-order valence-electron chi connectivity index (χ4n) is 1.91. The third-order valence-electron chi connectivity index (χ3n) is 2.96. The van der Waals surface area contributed by atoms with Crippen LogP contribution in [0.4, 0.5) is 0 Å². The average molecular weight is 246 g/mol. The lowest BCUT2D eigenvalue weighted by atomic mass is 10.1. The molecule has 0 aliphatic heterocycles.